The van der Waals surface area contributed by atoms with Crippen molar-refractivity contribution in [3.05, 3.63) is 60.2 Å². The van der Waals surface area contributed by atoms with Gasteiger partial charge in [-0.05, 0) is 43.0 Å². The molecule has 1 atom stereocenters. The van der Waals surface area contributed by atoms with Crippen LogP contribution in [0.4, 0.5) is 10.5 Å². The lowest BCUT2D eigenvalue weighted by Crippen LogP contribution is -2.43. The minimum absolute atomic E-state index is 0.326. The number of para-hydroxylation sites is 1. The molecule has 0 aliphatic carbocycles. The highest BCUT2D eigenvalue weighted by Crippen LogP contribution is 2.15. The molecule has 0 aromatic heterocycles. The Morgan fingerprint density at radius 2 is 1.72 bits per heavy atom. The maximum atomic E-state index is 12.2. The predicted molar refractivity (Wildman–Crippen MR) is 114 cm³/mol. The van der Waals surface area contributed by atoms with Crippen molar-refractivity contribution in [1.29, 1.82) is 0 Å². The van der Waals surface area contributed by atoms with Crippen LogP contribution in [-0.4, -0.2) is 48.8 Å². The number of carbonyl (C=O) groups is 3. The molecule has 154 valence electrons. The first kappa shape index (κ1) is 22.3. The fraction of sp³-hybridized carbons (Fsp3) is 0.286. The summed E-state index contributed by atoms with van der Waals surface area (Å²) in [6.07, 6.45) is 2.00. The molecule has 0 spiro atoms. The summed E-state index contributed by atoms with van der Waals surface area (Å²) in [7, 11) is 1.65. The fourth-order valence-corrected chi connectivity index (χ4v) is 2.81. The number of amides is 3. The first-order chi connectivity index (χ1) is 13.9. The molecular formula is C21H25N3O4S. The molecule has 0 heterocycles. The van der Waals surface area contributed by atoms with Gasteiger partial charge < -0.3 is 20.3 Å². The molecule has 0 bridgehead atoms. The third kappa shape index (κ3) is 7.50. The average molecular weight is 416 g/mol. The van der Waals surface area contributed by atoms with Crippen molar-refractivity contribution in [3.63, 3.8) is 0 Å². The van der Waals surface area contributed by atoms with Gasteiger partial charge in [-0.1, -0.05) is 30.3 Å². The topological polar surface area (TPSA) is 87.7 Å². The van der Waals surface area contributed by atoms with E-state index in [9.17, 15) is 14.4 Å². The van der Waals surface area contributed by atoms with E-state index in [0.717, 1.165) is 10.5 Å². The maximum absolute atomic E-state index is 12.2. The molecule has 3 amide bonds. The monoisotopic (exact) mass is 415 g/mol. The number of rotatable bonds is 8. The van der Waals surface area contributed by atoms with E-state index in [4.69, 9.17) is 4.74 Å². The number of carbonyl (C=O) groups excluding carboxylic acids is 3. The van der Waals surface area contributed by atoms with E-state index in [2.05, 4.69) is 10.6 Å². The van der Waals surface area contributed by atoms with E-state index in [0.29, 0.717) is 12.2 Å². The van der Waals surface area contributed by atoms with Gasteiger partial charge in [0.15, 0.2) is 6.61 Å². The van der Waals surface area contributed by atoms with Crippen LogP contribution >= 0.6 is 11.8 Å². The molecule has 0 aliphatic heterocycles. The predicted octanol–water partition coefficient (Wildman–Crippen LogP) is 3.12. The fourth-order valence-electron chi connectivity index (χ4n) is 2.41. The van der Waals surface area contributed by atoms with Gasteiger partial charge >= 0.3 is 12.0 Å². The number of esters is 1. The molecular weight excluding hydrogens is 390 g/mol. The minimum Gasteiger partial charge on any atom is -0.454 e. The Morgan fingerprint density at radius 3 is 2.34 bits per heavy atom. The molecule has 0 saturated heterocycles. The first-order valence-corrected chi connectivity index (χ1v) is 10.3. The van der Waals surface area contributed by atoms with Crippen molar-refractivity contribution >= 4 is 35.4 Å². The molecule has 2 aromatic carbocycles. The van der Waals surface area contributed by atoms with Crippen LogP contribution in [-0.2, 0) is 20.9 Å². The zero-order valence-electron chi connectivity index (χ0n) is 16.7. The van der Waals surface area contributed by atoms with E-state index in [1.54, 1.807) is 43.1 Å². The van der Waals surface area contributed by atoms with Crippen molar-refractivity contribution in [3.8, 4) is 0 Å². The number of ether oxygens (including phenoxy) is 1. The molecule has 0 fully saturated rings. The Hall–Kier alpha value is -3.00. The molecule has 2 N–H and O–H groups in total. The maximum Gasteiger partial charge on any atom is 0.328 e. The largest absolute Gasteiger partial charge is 0.454 e. The lowest BCUT2D eigenvalue weighted by molar-refractivity contribution is -0.152. The van der Waals surface area contributed by atoms with Gasteiger partial charge in [-0.25, -0.2) is 9.59 Å². The SMILES string of the molecule is CSc1ccc(CN(C)C(=O)COC(=O)[C@H](C)NC(=O)Nc2ccccc2)cc1. The number of anilines is 1. The zero-order chi connectivity index (χ0) is 21.2. The van der Waals surface area contributed by atoms with Gasteiger partial charge in [0.25, 0.3) is 5.91 Å². The van der Waals surface area contributed by atoms with Crippen LogP contribution in [0.15, 0.2) is 59.5 Å². The number of hydrogen-bond donors (Lipinski definition) is 2. The van der Waals surface area contributed by atoms with Crippen molar-refractivity contribution in [1.82, 2.24) is 10.2 Å². The molecule has 8 heteroatoms. The summed E-state index contributed by atoms with van der Waals surface area (Å²) in [6.45, 7) is 1.53. The highest BCUT2D eigenvalue weighted by atomic mass is 32.2. The Balaban J connectivity index is 1.74. The quantitative estimate of drug-likeness (QED) is 0.511. The van der Waals surface area contributed by atoms with Gasteiger partial charge in [0, 0.05) is 24.2 Å². The Labute approximate surface area is 174 Å². The van der Waals surface area contributed by atoms with Crippen LogP contribution < -0.4 is 10.6 Å². The van der Waals surface area contributed by atoms with Crippen molar-refractivity contribution < 1.29 is 19.1 Å². The van der Waals surface area contributed by atoms with Crippen LogP contribution in [0.5, 0.6) is 0 Å². The number of thioether (sulfide) groups is 1. The van der Waals surface area contributed by atoms with Crippen LogP contribution in [0.25, 0.3) is 0 Å². The van der Waals surface area contributed by atoms with Crippen LogP contribution in [0, 0.1) is 0 Å². The van der Waals surface area contributed by atoms with E-state index in [-0.39, 0.29) is 12.5 Å². The number of benzene rings is 2. The number of nitrogens with zero attached hydrogens (tertiary/aromatic N) is 1. The van der Waals surface area contributed by atoms with Crippen LogP contribution in [0.1, 0.15) is 12.5 Å². The van der Waals surface area contributed by atoms with E-state index in [1.807, 2.05) is 36.6 Å². The lowest BCUT2D eigenvalue weighted by Gasteiger charge is -2.18. The van der Waals surface area contributed by atoms with Gasteiger partial charge in [0.1, 0.15) is 6.04 Å². The second kappa shape index (κ2) is 11.1. The Kier molecular flexibility index (Phi) is 8.54. The third-order valence-electron chi connectivity index (χ3n) is 4.08. The van der Waals surface area contributed by atoms with E-state index < -0.39 is 18.0 Å². The molecule has 0 saturated carbocycles. The molecule has 0 radical (unpaired) electrons. The highest BCUT2D eigenvalue weighted by Gasteiger charge is 2.19. The summed E-state index contributed by atoms with van der Waals surface area (Å²) in [5.41, 5.74) is 1.59. The summed E-state index contributed by atoms with van der Waals surface area (Å²) < 4.78 is 5.04. The number of hydrogen-bond acceptors (Lipinski definition) is 5. The highest BCUT2D eigenvalue weighted by molar-refractivity contribution is 7.98. The van der Waals surface area contributed by atoms with Gasteiger partial charge in [-0.3, -0.25) is 4.79 Å². The normalized spacial score (nSPS) is 11.3. The zero-order valence-corrected chi connectivity index (χ0v) is 17.5. The summed E-state index contributed by atoms with van der Waals surface area (Å²) in [5, 5.41) is 5.09. The minimum atomic E-state index is -0.893. The van der Waals surface area contributed by atoms with Crippen molar-refractivity contribution in [2.24, 2.45) is 0 Å². The molecule has 7 nitrogen and oxygen atoms in total. The second-order valence-electron chi connectivity index (χ2n) is 6.39. The van der Waals surface area contributed by atoms with Crippen LogP contribution in [0.3, 0.4) is 0 Å². The number of urea groups is 1. The van der Waals surface area contributed by atoms with E-state index in [1.165, 1.54) is 11.8 Å². The smallest absolute Gasteiger partial charge is 0.328 e. The molecule has 0 aliphatic rings. The summed E-state index contributed by atoms with van der Waals surface area (Å²) in [4.78, 5) is 38.8. The van der Waals surface area contributed by atoms with Gasteiger partial charge in [0.2, 0.25) is 0 Å². The first-order valence-electron chi connectivity index (χ1n) is 9.05. The molecule has 0 unspecified atom stereocenters. The Morgan fingerprint density at radius 1 is 1.07 bits per heavy atom. The lowest BCUT2D eigenvalue weighted by atomic mass is 10.2. The summed E-state index contributed by atoms with van der Waals surface area (Å²) in [5.74, 6) is -1.01. The summed E-state index contributed by atoms with van der Waals surface area (Å²) >= 11 is 1.65. The Bertz CT molecular complexity index is 828. The van der Waals surface area contributed by atoms with Gasteiger partial charge in [0.05, 0.1) is 0 Å². The number of nitrogens with one attached hydrogen (secondary N) is 2. The van der Waals surface area contributed by atoms with Gasteiger partial charge in [-0.2, -0.15) is 0 Å². The molecule has 2 rings (SSSR count). The van der Waals surface area contributed by atoms with Crippen molar-refractivity contribution in [2.75, 3.05) is 25.2 Å². The second-order valence-corrected chi connectivity index (χ2v) is 7.27. The summed E-state index contributed by atoms with van der Waals surface area (Å²) in [6, 6.07) is 15.3. The third-order valence-corrected chi connectivity index (χ3v) is 4.82. The number of likely N-dealkylation sites (N-methyl/N-ethyl adjacent to an activating group) is 1. The van der Waals surface area contributed by atoms with Gasteiger partial charge in [-0.15, -0.1) is 11.8 Å². The average Bonchev–Trinajstić information content (AvgIpc) is 2.72. The van der Waals surface area contributed by atoms with Crippen molar-refractivity contribution in [2.45, 2.75) is 24.4 Å². The standard InChI is InChI=1S/C21H25N3O4S/c1-15(22-21(27)23-17-7-5-4-6-8-17)20(26)28-14-19(25)24(2)13-16-9-11-18(29-3)12-10-16/h4-12,15H,13-14H2,1-3H3,(H2,22,23,27)/t15-/m0/s1. The van der Waals surface area contributed by atoms with Crippen LogP contribution in [0.2, 0.25) is 0 Å². The van der Waals surface area contributed by atoms with E-state index >= 15 is 0 Å². The molecule has 29 heavy (non-hydrogen) atoms. The molecule has 2 aromatic rings.